The van der Waals surface area contributed by atoms with Crippen LogP contribution in [-0.2, 0) is 0 Å². The van der Waals surface area contributed by atoms with Crippen LogP contribution in [0.4, 0.5) is 10.2 Å². The van der Waals surface area contributed by atoms with Gasteiger partial charge in [0.1, 0.15) is 23.6 Å². The highest BCUT2D eigenvalue weighted by atomic mass is 19.1. The number of ether oxygens (including phenoxy) is 2. The predicted molar refractivity (Wildman–Crippen MR) is 122 cm³/mol. The molecule has 170 valence electrons. The van der Waals surface area contributed by atoms with Gasteiger partial charge in [-0.05, 0) is 62.1 Å². The zero-order valence-corrected chi connectivity index (χ0v) is 18.1. The van der Waals surface area contributed by atoms with E-state index >= 15 is 0 Å². The molecule has 1 saturated carbocycles. The Bertz CT molecular complexity index is 1290. The quantitative estimate of drug-likeness (QED) is 0.462. The van der Waals surface area contributed by atoms with Crippen molar-refractivity contribution in [1.29, 1.82) is 0 Å². The minimum absolute atomic E-state index is 0.0398. The lowest BCUT2D eigenvalue weighted by atomic mass is 9.93. The number of aromatic nitrogens is 4. The lowest BCUT2D eigenvalue weighted by molar-refractivity contribution is 0.101. The third-order valence-electron chi connectivity index (χ3n) is 5.99. The number of nitrogens with zero attached hydrogens (tertiary/aromatic N) is 4. The molecule has 4 aromatic rings. The molecule has 5 rings (SSSR count). The summed E-state index contributed by atoms with van der Waals surface area (Å²) < 4.78 is 27.0. The second-order valence-corrected chi connectivity index (χ2v) is 8.12. The summed E-state index contributed by atoms with van der Waals surface area (Å²) in [5.41, 5.74) is 8.31. The molecule has 1 fully saturated rings. The van der Waals surface area contributed by atoms with Gasteiger partial charge in [0.25, 0.3) is 0 Å². The minimum atomic E-state index is -0.562. The maximum atomic E-state index is 14.4. The molecule has 2 heterocycles. The van der Waals surface area contributed by atoms with Crippen LogP contribution in [0, 0.1) is 5.82 Å². The predicted octanol–water partition coefficient (Wildman–Crippen LogP) is 4.49. The van der Waals surface area contributed by atoms with Gasteiger partial charge in [0.15, 0.2) is 17.1 Å². The second kappa shape index (κ2) is 8.67. The second-order valence-electron chi connectivity index (χ2n) is 8.12. The molecule has 0 radical (unpaired) electrons. The molecule has 1 aliphatic carbocycles. The van der Waals surface area contributed by atoms with Gasteiger partial charge in [-0.2, -0.15) is 9.49 Å². The van der Waals surface area contributed by atoms with Crippen LogP contribution in [0.15, 0.2) is 48.8 Å². The van der Waals surface area contributed by atoms with Crippen LogP contribution in [-0.4, -0.2) is 38.1 Å². The van der Waals surface area contributed by atoms with Crippen LogP contribution in [0.2, 0.25) is 0 Å². The standard InChI is InChI=1S/C24H24FN5O3/c1-32-18-6-3-7-19(21(18)25)33-17-10-8-14(9-11-17)22-20-23(26)27-13-28-24(20)30(29-22)15-4-2-5-16(31)12-15/h3,6-11,13,15-16,31H,2,4-5,12H2,1H3,(H2,26,27,28)/t15-,16-/m0/s1. The zero-order valence-electron chi connectivity index (χ0n) is 18.1. The molecule has 1 aliphatic rings. The molecule has 33 heavy (non-hydrogen) atoms. The normalized spacial score (nSPS) is 18.4. The largest absolute Gasteiger partial charge is 0.494 e. The molecule has 0 spiro atoms. The molecule has 2 aromatic carbocycles. The summed E-state index contributed by atoms with van der Waals surface area (Å²) in [4.78, 5) is 8.59. The number of nitrogens with two attached hydrogens (primary N) is 1. The molecule has 0 amide bonds. The van der Waals surface area contributed by atoms with Crippen molar-refractivity contribution >= 4 is 16.9 Å². The summed E-state index contributed by atoms with van der Waals surface area (Å²) in [5, 5.41) is 15.7. The first-order valence-corrected chi connectivity index (χ1v) is 10.8. The molecular formula is C24H24FN5O3. The molecule has 0 unspecified atom stereocenters. The highest BCUT2D eigenvalue weighted by Gasteiger charge is 2.26. The fourth-order valence-corrected chi connectivity index (χ4v) is 4.35. The lowest BCUT2D eigenvalue weighted by Gasteiger charge is -2.26. The first kappa shape index (κ1) is 21.1. The average Bonchev–Trinajstić information content (AvgIpc) is 3.22. The number of halogens is 1. The number of anilines is 1. The van der Waals surface area contributed by atoms with Crippen molar-refractivity contribution in [2.75, 3.05) is 12.8 Å². The van der Waals surface area contributed by atoms with Gasteiger partial charge >= 0.3 is 0 Å². The van der Waals surface area contributed by atoms with E-state index in [-0.39, 0.29) is 23.6 Å². The topological polar surface area (TPSA) is 108 Å². The maximum absolute atomic E-state index is 14.4. The van der Waals surface area contributed by atoms with Gasteiger partial charge in [0, 0.05) is 5.56 Å². The Balaban J connectivity index is 1.49. The molecule has 0 bridgehead atoms. The number of nitrogen functional groups attached to an aromatic ring is 1. The molecule has 0 aliphatic heterocycles. The molecular weight excluding hydrogens is 425 g/mol. The molecule has 2 aromatic heterocycles. The van der Waals surface area contributed by atoms with E-state index in [0.717, 1.165) is 24.8 Å². The van der Waals surface area contributed by atoms with E-state index in [1.165, 1.54) is 25.6 Å². The number of benzene rings is 2. The fraction of sp³-hybridized carbons (Fsp3) is 0.292. The summed E-state index contributed by atoms with van der Waals surface area (Å²) >= 11 is 0. The number of fused-ring (bicyclic) bond motifs is 1. The van der Waals surface area contributed by atoms with E-state index in [9.17, 15) is 9.50 Å². The van der Waals surface area contributed by atoms with Crippen LogP contribution in [0.1, 0.15) is 31.7 Å². The van der Waals surface area contributed by atoms with E-state index < -0.39 is 5.82 Å². The first-order valence-electron chi connectivity index (χ1n) is 10.8. The number of rotatable bonds is 5. The fourth-order valence-electron chi connectivity index (χ4n) is 4.35. The number of hydrogen-bond acceptors (Lipinski definition) is 7. The molecule has 9 heteroatoms. The van der Waals surface area contributed by atoms with Gasteiger partial charge < -0.3 is 20.3 Å². The van der Waals surface area contributed by atoms with Gasteiger partial charge in [-0.25, -0.2) is 14.6 Å². The van der Waals surface area contributed by atoms with E-state index in [2.05, 4.69) is 9.97 Å². The van der Waals surface area contributed by atoms with Crippen molar-refractivity contribution < 1.29 is 19.0 Å². The highest BCUT2D eigenvalue weighted by Crippen LogP contribution is 2.37. The SMILES string of the molecule is COc1cccc(Oc2ccc(-c3nn([C@H]4CCC[C@H](O)C4)c4ncnc(N)c34)cc2)c1F. The molecule has 2 atom stereocenters. The Morgan fingerprint density at radius 3 is 2.64 bits per heavy atom. The number of methoxy groups -OCH3 is 1. The van der Waals surface area contributed by atoms with Crippen LogP contribution in [0.25, 0.3) is 22.3 Å². The van der Waals surface area contributed by atoms with E-state index in [1.54, 1.807) is 18.2 Å². The van der Waals surface area contributed by atoms with Crippen molar-refractivity contribution in [3.05, 3.63) is 54.6 Å². The van der Waals surface area contributed by atoms with Crippen LogP contribution < -0.4 is 15.2 Å². The monoisotopic (exact) mass is 449 g/mol. The van der Waals surface area contributed by atoms with Gasteiger partial charge in [-0.15, -0.1) is 0 Å². The third kappa shape index (κ3) is 3.95. The van der Waals surface area contributed by atoms with Crippen molar-refractivity contribution in [3.8, 4) is 28.5 Å². The highest BCUT2D eigenvalue weighted by molar-refractivity contribution is 5.98. The van der Waals surface area contributed by atoms with Crippen molar-refractivity contribution in [2.24, 2.45) is 0 Å². The smallest absolute Gasteiger partial charge is 0.207 e. The summed E-state index contributed by atoms with van der Waals surface area (Å²) in [7, 11) is 1.41. The molecule has 3 N–H and O–H groups in total. The summed E-state index contributed by atoms with van der Waals surface area (Å²) in [6, 6.07) is 11.9. The van der Waals surface area contributed by atoms with Crippen molar-refractivity contribution in [3.63, 3.8) is 0 Å². The summed E-state index contributed by atoms with van der Waals surface area (Å²) in [6.07, 6.45) is 4.34. The third-order valence-corrected chi connectivity index (χ3v) is 5.99. The van der Waals surface area contributed by atoms with E-state index in [1.807, 2.05) is 16.8 Å². The zero-order chi connectivity index (χ0) is 22.9. The Hall–Kier alpha value is -3.72. The minimum Gasteiger partial charge on any atom is -0.494 e. The van der Waals surface area contributed by atoms with Gasteiger partial charge in [-0.3, -0.25) is 0 Å². The van der Waals surface area contributed by atoms with Gasteiger partial charge in [-0.1, -0.05) is 6.07 Å². The Morgan fingerprint density at radius 1 is 1.09 bits per heavy atom. The number of hydrogen-bond donors (Lipinski definition) is 2. The van der Waals surface area contributed by atoms with Crippen LogP contribution in [0.5, 0.6) is 17.2 Å². The molecule has 8 nitrogen and oxygen atoms in total. The van der Waals surface area contributed by atoms with Crippen LogP contribution in [0.3, 0.4) is 0 Å². The lowest BCUT2D eigenvalue weighted by Crippen LogP contribution is -2.23. The van der Waals surface area contributed by atoms with Crippen molar-refractivity contribution in [1.82, 2.24) is 19.7 Å². The Kier molecular flexibility index (Phi) is 5.55. The van der Waals surface area contributed by atoms with Crippen LogP contribution >= 0.6 is 0 Å². The maximum Gasteiger partial charge on any atom is 0.207 e. The number of aliphatic hydroxyl groups is 1. The van der Waals surface area contributed by atoms with Gasteiger partial charge in [0.05, 0.1) is 24.6 Å². The summed E-state index contributed by atoms with van der Waals surface area (Å²) in [6.45, 7) is 0. The Labute approximate surface area is 189 Å². The van der Waals surface area contributed by atoms with E-state index in [0.29, 0.717) is 34.7 Å². The van der Waals surface area contributed by atoms with Crippen molar-refractivity contribution in [2.45, 2.75) is 37.8 Å². The Morgan fingerprint density at radius 2 is 1.88 bits per heavy atom. The van der Waals surface area contributed by atoms with Gasteiger partial charge in [0.2, 0.25) is 5.82 Å². The first-order chi connectivity index (χ1) is 16.0. The molecule has 0 saturated heterocycles. The van der Waals surface area contributed by atoms with E-state index in [4.69, 9.17) is 20.3 Å². The average molecular weight is 449 g/mol. The summed E-state index contributed by atoms with van der Waals surface area (Å²) in [5.74, 6) is 0.439. The number of aliphatic hydroxyl groups excluding tert-OH is 1.